The Labute approximate surface area is 97.6 Å². The Bertz CT molecular complexity index is 522. The lowest BCUT2D eigenvalue weighted by molar-refractivity contribution is 0.581. The van der Waals surface area contributed by atoms with E-state index in [0.717, 1.165) is 5.69 Å². The molecule has 0 aliphatic rings. The number of anilines is 1. The second-order valence-corrected chi connectivity index (χ2v) is 3.99. The molecule has 0 aliphatic heterocycles. The van der Waals surface area contributed by atoms with E-state index in [0.29, 0.717) is 22.8 Å². The average Bonchev–Trinajstić information content (AvgIpc) is 2.54. The van der Waals surface area contributed by atoms with Crippen molar-refractivity contribution in [3.8, 4) is 0 Å². The minimum atomic E-state index is -0.328. The molecule has 16 heavy (non-hydrogen) atoms. The maximum Gasteiger partial charge on any atom is 0.130 e. The van der Waals surface area contributed by atoms with Crippen LogP contribution in [-0.2, 0) is 6.54 Å². The Balaban J connectivity index is 2.30. The predicted octanol–water partition coefficient (Wildman–Crippen LogP) is 2.61. The fraction of sp³-hybridized carbons (Fsp3) is 0.182. The summed E-state index contributed by atoms with van der Waals surface area (Å²) in [4.78, 5) is 0. The first kappa shape index (κ1) is 11.0. The van der Waals surface area contributed by atoms with Crippen LogP contribution in [0.1, 0.15) is 11.3 Å². The molecule has 2 aromatic rings. The smallest absolute Gasteiger partial charge is 0.130 e. The van der Waals surface area contributed by atoms with Crippen LogP contribution in [0.5, 0.6) is 0 Å². The summed E-state index contributed by atoms with van der Waals surface area (Å²) < 4.78 is 15.2. The van der Waals surface area contributed by atoms with Crippen molar-refractivity contribution in [1.82, 2.24) is 9.78 Å². The Morgan fingerprint density at radius 3 is 2.81 bits per heavy atom. The zero-order valence-electron chi connectivity index (χ0n) is 8.74. The van der Waals surface area contributed by atoms with Crippen molar-refractivity contribution in [3.63, 3.8) is 0 Å². The molecule has 0 saturated carbocycles. The van der Waals surface area contributed by atoms with Gasteiger partial charge in [-0.2, -0.15) is 5.10 Å². The molecule has 1 aromatic carbocycles. The molecule has 2 rings (SSSR count). The summed E-state index contributed by atoms with van der Waals surface area (Å²) in [6, 6.07) is 4.62. The quantitative estimate of drug-likeness (QED) is 0.819. The molecule has 2 N–H and O–H groups in total. The van der Waals surface area contributed by atoms with Crippen LogP contribution in [0.15, 0.2) is 24.4 Å². The molecule has 1 aromatic heterocycles. The molecule has 0 atom stereocenters. The van der Waals surface area contributed by atoms with Crippen LogP contribution >= 0.6 is 11.6 Å². The monoisotopic (exact) mass is 239 g/mol. The highest BCUT2D eigenvalue weighted by atomic mass is 35.5. The summed E-state index contributed by atoms with van der Waals surface area (Å²) >= 11 is 5.86. The molecule has 0 radical (unpaired) electrons. The summed E-state index contributed by atoms with van der Waals surface area (Å²) in [5, 5.41) is 4.64. The van der Waals surface area contributed by atoms with Crippen molar-refractivity contribution in [2.75, 3.05) is 5.73 Å². The van der Waals surface area contributed by atoms with Gasteiger partial charge in [-0.15, -0.1) is 0 Å². The molecule has 0 saturated heterocycles. The lowest BCUT2D eigenvalue weighted by Crippen LogP contribution is -2.05. The fourth-order valence-corrected chi connectivity index (χ4v) is 1.58. The number of nitrogens with two attached hydrogens (primary N) is 1. The van der Waals surface area contributed by atoms with Crippen molar-refractivity contribution in [1.29, 1.82) is 0 Å². The lowest BCUT2D eigenvalue weighted by Gasteiger charge is -2.06. The SMILES string of the molecule is Cc1c(Cl)cnn1Cc1ccc(N)cc1F. The third kappa shape index (κ3) is 2.02. The van der Waals surface area contributed by atoms with E-state index in [1.54, 1.807) is 23.0 Å². The van der Waals surface area contributed by atoms with E-state index in [4.69, 9.17) is 17.3 Å². The zero-order chi connectivity index (χ0) is 11.7. The van der Waals surface area contributed by atoms with Gasteiger partial charge in [0.2, 0.25) is 0 Å². The summed E-state index contributed by atoms with van der Waals surface area (Å²) in [7, 11) is 0. The number of hydrogen-bond donors (Lipinski definition) is 1. The Kier molecular flexibility index (Phi) is 2.83. The Hall–Kier alpha value is -1.55. The van der Waals surface area contributed by atoms with E-state index >= 15 is 0 Å². The molecule has 5 heteroatoms. The van der Waals surface area contributed by atoms with Gasteiger partial charge >= 0.3 is 0 Å². The molecule has 0 fully saturated rings. The Morgan fingerprint density at radius 2 is 2.25 bits per heavy atom. The van der Waals surface area contributed by atoms with Crippen LogP contribution in [0.3, 0.4) is 0 Å². The number of benzene rings is 1. The summed E-state index contributed by atoms with van der Waals surface area (Å²) in [5.74, 6) is -0.328. The topological polar surface area (TPSA) is 43.8 Å². The number of nitrogens with zero attached hydrogens (tertiary/aromatic N) is 2. The molecule has 0 bridgehead atoms. The van der Waals surface area contributed by atoms with Crippen LogP contribution < -0.4 is 5.73 Å². The van der Waals surface area contributed by atoms with Crippen LogP contribution in [-0.4, -0.2) is 9.78 Å². The zero-order valence-corrected chi connectivity index (χ0v) is 9.50. The molecule has 0 spiro atoms. The van der Waals surface area contributed by atoms with Crippen molar-refractivity contribution in [2.45, 2.75) is 13.5 Å². The van der Waals surface area contributed by atoms with Gasteiger partial charge < -0.3 is 5.73 Å². The van der Waals surface area contributed by atoms with Crippen LogP contribution in [0.4, 0.5) is 10.1 Å². The number of aromatic nitrogens is 2. The molecule has 0 aliphatic carbocycles. The first-order valence-corrected chi connectivity index (χ1v) is 5.17. The second kappa shape index (κ2) is 4.14. The average molecular weight is 240 g/mol. The van der Waals surface area contributed by atoms with Gasteiger partial charge in [-0.25, -0.2) is 4.39 Å². The van der Waals surface area contributed by atoms with Crippen LogP contribution in [0.25, 0.3) is 0 Å². The van der Waals surface area contributed by atoms with Crippen molar-refractivity contribution in [3.05, 3.63) is 46.5 Å². The normalized spacial score (nSPS) is 10.7. The van der Waals surface area contributed by atoms with E-state index < -0.39 is 0 Å². The predicted molar refractivity (Wildman–Crippen MR) is 61.9 cm³/mol. The van der Waals surface area contributed by atoms with E-state index in [-0.39, 0.29) is 5.82 Å². The number of nitrogen functional groups attached to an aromatic ring is 1. The molecular formula is C11H11ClFN3. The van der Waals surface area contributed by atoms with Crippen molar-refractivity contribution >= 4 is 17.3 Å². The van der Waals surface area contributed by atoms with Crippen molar-refractivity contribution < 1.29 is 4.39 Å². The van der Waals surface area contributed by atoms with Gasteiger partial charge in [0, 0.05) is 11.3 Å². The van der Waals surface area contributed by atoms with Crippen LogP contribution in [0.2, 0.25) is 5.02 Å². The minimum Gasteiger partial charge on any atom is -0.399 e. The molecule has 84 valence electrons. The maximum absolute atomic E-state index is 13.5. The van der Waals surface area contributed by atoms with Gasteiger partial charge in [-0.3, -0.25) is 4.68 Å². The lowest BCUT2D eigenvalue weighted by atomic mass is 10.2. The number of rotatable bonds is 2. The van der Waals surface area contributed by atoms with Crippen molar-refractivity contribution in [2.24, 2.45) is 0 Å². The molecule has 0 amide bonds. The number of hydrogen-bond acceptors (Lipinski definition) is 2. The van der Waals surface area contributed by atoms with E-state index in [1.807, 2.05) is 6.92 Å². The largest absolute Gasteiger partial charge is 0.399 e. The highest BCUT2D eigenvalue weighted by molar-refractivity contribution is 6.31. The number of halogens is 2. The molecule has 1 heterocycles. The van der Waals surface area contributed by atoms with Gasteiger partial charge in [-0.05, 0) is 19.1 Å². The first-order valence-electron chi connectivity index (χ1n) is 4.79. The molecule has 3 nitrogen and oxygen atoms in total. The Morgan fingerprint density at radius 1 is 1.50 bits per heavy atom. The van der Waals surface area contributed by atoms with Gasteiger partial charge in [0.05, 0.1) is 23.5 Å². The fourth-order valence-electron chi connectivity index (χ4n) is 1.44. The van der Waals surface area contributed by atoms with Crippen LogP contribution in [0, 0.1) is 12.7 Å². The highest BCUT2D eigenvalue weighted by Gasteiger charge is 2.07. The van der Waals surface area contributed by atoms with Gasteiger partial charge in [-0.1, -0.05) is 17.7 Å². The maximum atomic E-state index is 13.5. The van der Waals surface area contributed by atoms with Gasteiger partial charge in [0.25, 0.3) is 0 Å². The van der Waals surface area contributed by atoms with E-state index in [2.05, 4.69) is 5.10 Å². The highest BCUT2D eigenvalue weighted by Crippen LogP contribution is 2.17. The summed E-state index contributed by atoms with van der Waals surface area (Å²) in [5.41, 5.74) is 7.24. The summed E-state index contributed by atoms with van der Waals surface area (Å²) in [6.07, 6.45) is 1.55. The minimum absolute atomic E-state index is 0.328. The third-order valence-electron chi connectivity index (χ3n) is 2.44. The molecule has 0 unspecified atom stereocenters. The third-order valence-corrected chi connectivity index (χ3v) is 2.81. The first-order chi connectivity index (χ1) is 7.58. The second-order valence-electron chi connectivity index (χ2n) is 3.59. The van der Waals surface area contributed by atoms with Gasteiger partial charge in [0.1, 0.15) is 5.82 Å². The van der Waals surface area contributed by atoms with E-state index in [9.17, 15) is 4.39 Å². The summed E-state index contributed by atoms with van der Waals surface area (Å²) in [6.45, 7) is 2.19. The molecular weight excluding hydrogens is 229 g/mol. The standard InChI is InChI=1S/C11H11ClFN3/c1-7-10(12)5-15-16(7)6-8-2-3-9(14)4-11(8)13/h2-5H,6,14H2,1H3. The van der Waals surface area contributed by atoms with Gasteiger partial charge in [0.15, 0.2) is 0 Å². The van der Waals surface area contributed by atoms with E-state index in [1.165, 1.54) is 6.07 Å².